The van der Waals surface area contributed by atoms with Crippen molar-refractivity contribution in [3.05, 3.63) is 0 Å². The molecule has 15 heavy (non-hydrogen) atoms. The third-order valence-electron chi connectivity index (χ3n) is 3.99. The summed E-state index contributed by atoms with van der Waals surface area (Å²) in [4.78, 5) is 13.2. The van der Waals surface area contributed by atoms with Crippen LogP contribution < -0.4 is 0 Å². The Balaban J connectivity index is 2.39. The zero-order chi connectivity index (χ0) is 11.8. The molecule has 0 radical (unpaired) electrons. The molecular formula is C12H23NO2. The Morgan fingerprint density at radius 1 is 1.47 bits per heavy atom. The molecule has 0 aliphatic heterocycles. The minimum absolute atomic E-state index is 0.00362. The van der Waals surface area contributed by atoms with Gasteiger partial charge >= 0.3 is 5.97 Å². The summed E-state index contributed by atoms with van der Waals surface area (Å²) in [5.74, 6) is -0.397. The van der Waals surface area contributed by atoms with E-state index in [0.717, 1.165) is 13.0 Å². The summed E-state index contributed by atoms with van der Waals surface area (Å²) in [6, 6.07) is 0.537. The highest BCUT2D eigenvalue weighted by Gasteiger charge is 2.61. The van der Waals surface area contributed by atoms with Crippen molar-refractivity contribution in [2.75, 3.05) is 13.6 Å². The molecule has 0 amide bonds. The maximum atomic E-state index is 11.0. The van der Waals surface area contributed by atoms with Crippen LogP contribution in [0.1, 0.15) is 34.1 Å². The number of hydrogen-bond donors (Lipinski definition) is 1. The molecule has 0 saturated heterocycles. The van der Waals surface area contributed by atoms with E-state index in [1.807, 2.05) is 0 Å². The third-order valence-corrected chi connectivity index (χ3v) is 3.99. The topological polar surface area (TPSA) is 40.5 Å². The van der Waals surface area contributed by atoms with Gasteiger partial charge in [-0.3, -0.25) is 4.79 Å². The van der Waals surface area contributed by atoms with Gasteiger partial charge in [-0.2, -0.15) is 0 Å². The van der Waals surface area contributed by atoms with Gasteiger partial charge in [-0.05, 0) is 45.2 Å². The molecule has 0 bridgehead atoms. The molecule has 1 N–H and O–H groups in total. The summed E-state index contributed by atoms with van der Waals surface area (Å²) in [5.41, 5.74) is 0.00362. The van der Waals surface area contributed by atoms with Gasteiger partial charge < -0.3 is 10.0 Å². The van der Waals surface area contributed by atoms with Crippen LogP contribution in [0.25, 0.3) is 0 Å². The van der Waals surface area contributed by atoms with Crippen LogP contribution in [-0.2, 0) is 4.79 Å². The molecule has 1 saturated carbocycles. The molecular weight excluding hydrogens is 190 g/mol. The SMILES string of the molecule is CC(C)N(C)CC[C@H]1[C@H](C(=O)O)C1(C)C. The van der Waals surface area contributed by atoms with Crippen LogP contribution in [0.15, 0.2) is 0 Å². The first-order chi connectivity index (χ1) is 6.78. The molecule has 0 aromatic heterocycles. The van der Waals surface area contributed by atoms with Crippen molar-refractivity contribution < 1.29 is 9.90 Å². The highest BCUT2D eigenvalue weighted by Crippen LogP contribution is 2.59. The van der Waals surface area contributed by atoms with E-state index < -0.39 is 5.97 Å². The molecule has 0 spiro atoms. The van der Waals surface area contributed by atoms with Gasteiger partial charge in [0.2, 0.25) is 0 Å². The molecule has 0 heterocycles. The van der Waals surface area contributed by atoms with Gasteiger partial charge in [-0.25, -0.2) is 0 Å². The van der Waals surface area contributed by atoms with Gasteiger partial charge in [0.1, 0.15) is 0 Å². The lowest BCUT2D eigenvalue weighted by Gasteiger charge is -2.20. The summed E-state index contributed by atoms with van der Waals surface area (Å²) < 4.78 is 0. The smallest absolute Gasteiger partial charge is 0.307 e. The van der Waals surface area contributed by atoms with Crippen molar-refractivity contribution in [3.63, 3.8) is 0 Å². The van der Waals surface area contributed by atoms with Crippen LogP contribution >= 0.6 is 0 Å². The average Bonchev–Trinajstić information content (AvgIpc) is 2.63. The van der Waals surface area contributed by atoms with Crippen LogP contribution in [0, 0.1) is 17.3 Å². The number of carboxylic acid groups (broad SMARTS) is 1. The molecule has 0 unspecified atom stereocenters. The van der Waals surface area contributed by atoms with E-state index in [4.69, 9.17) is 5.11 Å². The fourth-order valence-electron chi connectivity index (χ4n) is 2.37. The summed E-state index contributed by atoms with van der Waals surface area (Å²) in [6.45, 7) is 9.44. The second-order valence-corrected chi connectivity index (χ2v) is 5.61. The number of hydrogen-bond acceptors (Lipinski definition) is 2. The number of carbonyl (C=O) groups is 1. The Labute approximate surface area is 92.5 Å². The van der Waals surface area contributed by atoms with Crippen LogP contribution in [-0.4, -0.2) is 35.6 Å². The highest BCUT2D eigenvalue weighted by molar-refractivity contribution is 5.75. The molecule has 3 heteroatoms. The zero-order valence-corrected chi connectivity index (χ0v) is 10.4. The van der Waals surface area contributed by atoms with Gasteiger partial charge in [0.15, 0.2) is 0 Å². The molecule has 0 aromatic rings. The molecule has 1 aliphatic carbocycles. The monoisotopic (exact) mass is 213 g/mol. The number of carboxylic acids is 1. The molecule has 2 atom stereocenters. The fourth-order valence-corrected chi connectivity index (χ4v) is 2.37. The van der Waals surface area contributed by atoms with Gasteiger partial charge in [0.25, 0.3) is 0 Å². The Kier molecular flexibility index (Phi) is 3.44. The van der Waals surface area contributed by atoms with E-state index >= 15 is 0 Å². The van der Waals surface area contributed by atoms with Crippen molar-refractivity contribution in [3.8, 4) is 0 Å². The molecule has 88 valence electrons. The molecule has 3 nitrogen and oxygen atoms in total. The Hall–Kier alpha value is -0.570. The van der Waals surface area contributed by atoms with E-state index in [9.17, 15) is 4.79 Å². The minimum atomic E-state index is -0.628. The lowest BCUT2D eigenvalue weighted by atomic mass is 10.1. The van der Waals surface area contributed by atoms with E-state index in [-0.39, 0.29) is 11.3 Å². The minimum Gasteiger partial charge on any atom is -0.481 e. The van der Waals surface area contributed by atoms with E-state index in [0.29, 0.717) is 12.0 Å². The maximum absolute atomic E-state index is 11.0. The summed E-state index contributed by atoms with van der Waals surface area (Å²) in [5, 5.41) is 9.02. The van der Waals surface area contributed by atoms with E-state index in [2.05, 4.69) is 39.6 Å². The standard InChI is InChI=1S/C12H23NO2/c1-8(2)13(5)7-6-9-10(11(14)15)12(9,3)4/h8-10H,6-7H2,1-5H3,(H,14,15)/t9-,10+/m0/s1. The molecule has 1 fully saturated rings. The van der Waals surface area contributed by atoms with Crippen LogP contribution in [0.5, 0.6) is 0 Å². The number of aliphatic carboxylic acids is 1. The van der Waals surface area contributed by atoms with Crippen LogP contribution in [0.2, 0.25) is 0 Å². The van der Waals surface area contributed by atoms with Gasteiger partial charge in [-0.15, -0.1) is 0 Å². The average molecular weight is 213 g/mol. The Morgan fingerprint density at radius 2 is 2.00 bits per heavy atom. The van der Waals surface area contributed by atoms with Crippen molar-refractivity contribution in [2.45, 2.75) is 40.2 Å². The van der Waals surface area contributed by atoms with Crippen LogP contribution in [0.3, 0.4) is 0 Å². The Bertz CT molecular complexity index is 248. The van der Waals surface area contributed by atoms with Gasteiger partial charge in [0, 0.05) is 6.04 Å². The lowest BCUT2D eigenvalue weighted by Crippen LogP contribution is -2.27. The third kappa shape index (κ3) is 2.51. The second kappa shape index (κ2) is 4.12. The van der Waals surface area contributed by atoms with E-state index in [1.54, 1.807) is 0 Å². The zero-order valence-electron chi connectivity index (χ0n) is 10.4. The first kappa shape index (κ1) is 12.5. The van der Waals surface area contributed by atoms with Crippen molar-refractivity contribution in [1.29, 1.82) is 0 Å². The number of nitrogens with zero attached hydrogens (tertiary/aromatic N) is 1. The summed E-state index contributed by atoms with van der Waals surface area (Å²) in [6.07, 6.45) is 0.999. The van der Waals surface area contributed by atoms with Gasteiger partial charge in [-0.1, -0.05) is 13.8 Å². The summed E-state index contributed by atoms with van der Waals surface area (Å²) in [7, 11) is 2.09. The predicted molar refractivity (Wildman–Crippen MR) is 60.8 cm³/mol. The largest absolute Gasteiger partial charge is 0.481 e. The molecule has 1 rings (SSSR count). The first-order valence-corrected chi connectivity index (χ1v) is 5.71. The molecule has 0 aromatic carbocycles. The van der Waals surface area contributed by atoms with Crippen molar-refractivity contribution in [2.24, 2.45) is 17.3 Å². The van der Waals surface area contributed by atoms with Gasteiger partial charge in [0.05, 0.1) is 5.92 Å². The molecule has 1 aliphatic rings. The van der Waals surface area contributed by atoms with Crippen LogP contribution in [0.4, 0.5) is 0 Å². The lowest BCUT2D eigenvalue weighted by molar-refractivity contribution is -0.139. The highest BCUT2D eigenvalue weighted by atomic mass is 16.4. The van der Waals surface area contributed by atoms with Crippen molar-refractivity contribution >= 4 is 5.97 Å². The second-order valence-electron chi connectivity index (χ2n) is 5.61. The first-order valence-electron chi connectivity index (χ1n) is 5.71. The predicted octanol–water partition coefficient (Wildman–Crippen LogP) is 2.07. The number of rotatable bonds is 5. The fraction of sp³-hybridized carbons (Fsp3) is 0.917. The Morgan fingerprint density at radius 3 is 2.33 bits per heavy atom. The quantitative estimate of drug-likeness (QED) is 0.760. The normalized spacial score (nSPS) is 28.5. The van der Waals surface area contributed by atoms with E-state index in [1.165, 1.54) is 0 Å². The van der Waals surface area contributed by atoms with Crippen molar-refractivity contribution in [1.82, 2.24) is 4.90 Å². The maximum Gasteiger partial charge on any atom is 0.307 e. The summed E-state index contributed by atoms with van der Waals surface area (Å²) >= 11 is 0.